The highest BCUT2D eigenvalue weighted by molar-refractivity contribution is 5.79. The van der Waals surface area contributed by atoms with Crippen LogP contribution in [0.1, 0.15) is 17.7 Å². The summed E-state index contributed by atoms with van der Waals surface area (Å²) in [6.07, 6.45) is 6.94. The number of aromatic amines is 1. The van der Waals surface area contributed by atoms with Crippen LogP contribution in [0.25, 0.3) is 11.0 Å². The summed E-state index contributed by atoms with van der Waals surface area (Å²) in [6, 6.07) is 0.640. The number of aryl methyl sites for hydroxylation is 1. The second-order valence-electron chi connectivity index (χ2n) is 4.73. The van der Waals surface area contributed by atoms with Gasteiger partial charge in [0.2, 0.25) is 0 Å². The summed E-state index contributed by atoms with van der Waals surface area (Å²) in [7, 11) is 4.30. The molecule has 0 bridgehead atoms. The lowest BCUT2D eigenvalue weighted by Crippen LogP contribution is -2.33. The van der Waals surface area contributed by atoms with E-state index in [2.05, 4.69) is 33.9 Å². The Morgan fingerprint density at radius 3 is 3.12 bits per heavy atom. The van der Waals surface area contributed by atoms with E-state index in [1.807, 2.05) is 6.20 Å². The minimum atomic E-state index is 0.640. The van der Waals surface area contributed by atoms with Crippen LogP contribution in [0.2, 0.25) is 0 Å². The van der Waals surface area contributed by atoms with E-state index >= 15 is 0 Å². The van der Waals surface area contributed by atoms with Crippen molar-refractivity contribution in [2.45, 2.75) is 25.3 Å². The average molecular weight is 216 g/mol. The summed E-state index contributed by atoms with van der Waals surface area (Å²) in [5.41, 5.74) is 4.93. The zero-order valence-electron chi connectivity index (χ0n) is 9.70. The van der Waals surface area contributed by atoms with Crippen LogP contribution in [0.15, 0.2) is 12.5 Å². The Balaban J connectivity index is 2.08. The molecule has 0 amide bonds. The summed E-state index contributed by atoms with van der Waals surface area (Å²) in [5, 5.41) is 0. The fourth-order valence-corrected chi connectivity index (χ4v) is 2.57. The van der Waals surface area contributed by atoms with Crippen LogP contribution in [-0.2, 0) is 12.8 Å². The molecule has 1 aliphatic carbocycles. The quantitative estimate of drug-likeness (QED) is 0.783. The number of fused-ring (bicyclic) bond motifs is 3. The molecule has 0 unspecified atom stereocenters. The average Bonchev–Trinajstić information content (AvgIpc) is 2.66. The molecule has 0 aliphatic heterocycles. The Hall–Kier alpha value is -1.42. The van der Waals surface area contributed by atoms with Crippen molar-refractivity contribution in [2.75, 3.05) is 14.1 Å². The highest BCUT2D eigenvalue weighted by Crippen LogP contribution is 2.28. The first-order valence-corrected chi connectivity index (χ1v) is 5.71. The van der Waals surface area contributed by atoms with Crippen molar-refractivity contribution in [1.82, 2.24) is 19.9 Å². The maximum atomic E-state index is 4.39. The molecule has 0 saturated heterocycles. The van der Waals surface area contributed by atoms with Gasteiger partial charge in [-0.3, -0.25) is 0 Å². The predicted octanol–water partition coefficient (Wildman–Crippen LogP) is 1.38. The third-order valence-electron chi connectivity index (χ3n) is 3.55. The molecule has 2 aromatic heterocycles. The van der Waals surface area contributed by atoms with Crippen LogP contribution in [-0.4, -0.2) is 40.0 Å². The fourth-order valence-electron chi connectivity index (χ4n) is 2.57. The van der Waals surface area contributed by atoms with Gasteiger partial charge in [0.15, 0.2) is 0 Å². The molecule has 4 nitrogen and oxygen atoms in total. The maximum Gasteiger partial charge on any atom is 0.116 e. The summed E-state index contributed by atoms with van der Waals surface area (Å²) >= 11 is 0. The van der Waals surface area contributed by atoms with Gasteiger partial charge in [0, 0.05) is 17.3 Å². The third kappa shape index (κ3) is 1.41. The van der Waals surface area contributed by atoms with Crippen LogP contribution in [0.3, 0.4) is 0 Å². The molecular formula is C12H16N4. The molecule has 1 aliphatic rings. The van der Waals surface area contributed by atoms with Gasteiger partial charge in [0.1, 0.15) is 6.33 Å². The predicted molar refractivity (Wildman–Crippen MR) is 63.4 cm³/mol. The molecule has 3 rings (SSSR count). The zero-order chi connectivity index (χ0) is 11.1. The van der Waals surface area contributed by atoms with Gasteiger partial charge in [0.05, 0.1) is 17.2 Å². The second kappa shape index (κ2) is 3.56. The van der Waals surface area contributed by atoms with Crippen LogP contribution in [0.5, 0.6) is 0 Å². The molecule has 2 heterocycles. The van der Waals surface area contributed by atoms with E-state index in [-0.39, 0.29) is 0 Å². The van der Waals surface area contributed by atoms with Crippen molar-refractivity contribution >= 4 is 11.0 Å². The van der Waals surface area contributed by atoms with Gasteiger partial charge in [-0.25, -0.2) is 9.97 Å². The summed E-state index contributed by atoms with van der Waals surface area (Å²) in [6.45, 7) is 0. The lowest BCUT2D eigenvalue weighted by Gasteiger charge is -2.28. The summed E-state index contributed by atoms with van der Waals surface area (Å²) < 4.78 is 0. The number of aromatic nitrogens is 3. The Bertz CT molecular complexity index is 515. The zero-order valence-corrected chi connectivity index (χ0v) is 9.70. The standard InChI is InChI=1S/C12H16N4/c1-16(2)8-3-4-10-9(5-8)12-11(15-10)6-13-7-14-12/h6-8,15H,3-5H2,1-2H3/t8-/m0/s1. The van der Waals surface area contributed by atoms with Crippen LogP contribution >= 0.6 is 0 Å². The van der Waals surface area contributed by atoms with Crippen LogP contribution in [0.4, 0.5) is 0 Å². The van der Waals surface area contributed by atoms with E-state index in [9.17, 15) is 0 Å². The Morgan fingerprint density at radius 1 is 1.44 bits per heavy atom. The van der Waals surface area contributed by atoms with E-state index in [1.54, 1.807) is 6.33 Å². The van der Waals surface area contributed by atoms with Crippen molar-refractivity contribution in [1.29, 1.82) is 0 Å². The molecule has 0 fully saturated rings. The number of H-pyrrole nitrogens is 1. The van der Waals surface area contributed by atoms with Gasteiger partial charge in [-0.1, -0.05) is 0 Å². The Labute approximate surface area is 94.7 Å². The fraction of sp³-hybridized carbons (Fsp3) is 0.500. The first kappa shape index (κ1) is 9.78. The molecular weight excluding hydrogens is 200 g/mol. The number of likely N-dealkylation sites (N-methyl/N-ethyl adjacent to an activating group) is 1. The van der Waals surface area contributed by atoms with Gasteiger partial charge in [-0.05, 0) is 33.4 Å². The normalized spacial score (nSPS) is 20.3. The third-order valence-corrected chi connectivity index (χ3v) is 3.55. The molecule has 0 aromatic carbocycles. The molecule has 4 heteroatoms. The Morgan fingerprint density at radius 2 is 2.31 bits per heavy atom. The highest BCUT2D eigenvalue weighted by Gasteiger charge is 2.24. The molecule has 84 valence electrons. The van der Waals surface area contributed by atoms with Crippen molar-refractivity contribution in [2.24, 2.45) is 0 Å². The topological polar surface area (TPSA) is 44.8 Å². The maximum absolute atomic E-state index is 4.39. The highest BCUT2D eigenvalue weighted by atomic mass is 15.1. The van der Waals surface area contributed by atoms with E-state index < -0.39 is 0 Å². The SMILES string of the molecule is CN(C)[C@H]1CCc2[nH]c3cncnc3c2C1. The van der Waals surface area contributed by atoms with E-state index in [1.165, 1.54) is 17.7 Å². The first-order chi connectivity index (χ1) is 7.75. The summed E-state index contributed by atoms with van der Waals surface area (Å²) in [5.74, 6) is 0. The molecule has 0 radical (unpaired) electrons. The lowest BCUT2D eigenvalue weighted by molar-refractivity contribution is 0.268. The number of rotatable bonds is 1. The van der Waals surface area contributed by atoms with Crippen LogP contribution in [0, 0.1) is 0 Å². The smallest absolute Gasteiger partial charge is 0.116 e. The largest absolute Gasteiger partial charge is 0.356 e. The number of nitrogens with one attached hydrogen (secondary N) is 1. The van der Waals surface area contributed by atoms with Gasteiger partial charge in [-0.15, -0.1) is 0 Å². The van der Waals surface area contributed by atoms with E-state index in [0.29, 0.717) is 6.04 Å². The summed E-state index contributed by atoms with van der Waals surface area (Å²) in [4.78, 5) is 14.2. The Kier molecular flexibility index (Phi) is 2.17. The molecule has 16 heavy (non-hydrogen) atoms. The molecule has 1 atom stereocenters. The number of hydrogen-bond acceptors (Lipinski definition) is 3. The number of hydrogen-bond donors (Lipinski definition) is 1. The van der Waals surface area contributed by atoms with Crippen molar-refractivity contribution in [3.8, 4) is 0 Å². The van der Waals surface area contributed by atoms with Gasteiger partial charge < -0.3 is 9.88 Å². The van der Waals surface area contributed by atoms with Crippen molar-refractivity contribution < 1.29 is 0 Å². The molecule has 0 saturated carbocycles. The minimum absolute atomic E-state index is 0.640. The van der Waals surface area contributed by atoms with Gasteiger partial charge >= 0.3 is 0 Å². The second-order valence-corrected chi connectivity index (χ2v) is 4.73. The molecule has 2 aromatic rings. The van der Waals surface area contributed by atoms with E-state index in [0.717, 1.165) is 23.9 Å². The first-order valence-electron chi connectivity index (χ1n) is 5.71. The van der Waals surface area contributed by atoms with Crippen molar-refractivity contribution in [3.63, 3.8) is 0 Å². The monoisotopic (exact) mass is 216 g/mol. The molecule has 1 N–H and O–H groups in total. The van der Waals surface area contributed by atoms with Crippen molar-refractivity contribution in [3.05, 3.63) is 23.8 Å². The minimum Gasteiger partial charge on any atom is -0.356 e. The lowest BCUT2D eigenvalue weighted by atomic mass is 9.92. The molecule has 0 spiro atoms. The van der Waals surface area contributed by atoms with E-state index in [4.69, 9.17) is 0 Å². The van der Waals surface area contributed by atoms with Gasteiger partial charge in [-0.2, -0.15) is 0 Å². The van der Waals surface area contributed by atoms with Crippen LogP contribution < -0.4 is 0 Å². The van der Waals surface area contributed by atoms with Gasteiger partial charge in [0.25, 0.3) is 0 Å². The number of nitrogens with zero attached hydrogens (tertiary/aromatic N) is 3.